The Morgan fingerprint density at radius 3 is 2.41 bits per heavy atom. The van der Waals surface area contributed by atoms with E-state index in [0.29, 0.717) is 6.54 Å². The third kappa shape index (κ3) is 2.77. The minimum Gasteiger partial charge on any atom is -0.481 e. The van der Waals surface area contributed by atoms with Crippen molar-refractivity contribution in [2.45, 2.75) is 19.8 Å². The molecule has 5 heteroatoms. The van der Waals surface area contributed by atoms with E-state index in [1.165, 1.54) is 0 Å². The molecule has 0 bridgehead atoms. The number of aliphatic carboxylic acids is 1. The number of carboxylic acids is 1. The van der Waals surface area contributed by atoms with Crippen molar-refractivity contribution in [2.24, 2.45) is 11.8 Å². The Labute approximate surface area is 101 Å². The van der Waals surface area contributed by atoms with E-state index in [2.05, 4.69) is 0 Å². The van der Waals surface area contributed by atoms with Crippen LogP contribution in [0.15, 0.2) is 0 Å². The van der Waals surface area contributed by atoms with Crippen LogP contribution in [0.1, 0.15) is 19.8 Å². The van der Waals surface area contributed by atoms with Crippen LogP contribution in [0.25, 0.3) is 0 Å². The highest BCUT2D eigenvalue weighted by molar-refractivity contribution is 5.78. The molecule has 5 nitrogen and oxygen atoms in total. The number of likely N-dealkylation sites (tertiary alicyclic amines) is 2. The summed E-state index contributed by atoms with van der Waals surface area (Å²) in [6.45, 7) is 5.47. The molecular formula is C12H20N2O3. The molecule has 0 aromatic heterocycles. The van der Waals surface area contributed by atoms with Crippen LogP contribution in [-0.2, 0) is 9.59 Å². The van der Waals surface area contributed by atoms with Crippen LogP contribution >= 0.6 is 0 Å². The van der Waals surface area contributed by atoms with Gasteiger partial charge in [0.2, 0.25) is 5.91 Å². The number of carbonyl (C=O) groups excluding carboxylic acids is 1. The molecule has 2 fully saturated rings. The molecule has 96 valence electrons. The van der Waals surface area contributed by atoms with Gasteiger partial charge in [-0.05, 0) is 18.8 Å². The first-order valence-corrected chi connectivity index (χ1v) is 6.31. The van der Waals surface area contributed by atoms with E-state index in [9.17, 15) is 9.59 Å². The molecule has 2 saturated heterocycles. The van der Waals surface area contributed by atoms with Crippen molar-refractivity contribution in [3.05, 3.63) is 0 Å². The van der Waals surface area contributed by atoms with Crippen LogP contribution in [-0.4, -0.2) is 59.5 Å². The Hall–Kier alpha value is -1.10. The summed E-state index contributed by atoms with van der Waals surface area (Å²) in [5.74, 6) is -0.628. The van der Waals surface area contributed by atoms with Crippen molar-refractivity contribution in [2.75, 3.05) is 32.7 Å². The predicted octanol–water partition coefficient (Wildman–Crippen LogP) is 0.261. The summed E-state index contributed by atoms with van der Waals surface area (Å²) in [5, 5.41) is 8.86. The largest absolute Gasteiger partial charge is 0.481 e. The zero-order valence-electron chi connectivity index (χ0n) is 10.3. The van der Waals surface area contributed by atoms with Crippen molar-refractivity contribution in [1.82, 2.24) is 9.80 Å². The van der Waals surface area contributed by atoms with Gasteiger partial charge in [-0.2, -0.15) is 0 Å². The van der Waals surface area contributed by atoms with Crippen LogP contribution in [0.4, 0.5) is 0 Å². The molecule has 1 amide bonds. The van der Waals surface area contributed by atoms with Gasteiger partial charge in [-0.3, -0.25) is 14.5 Å². The second kappa shape index (κ2) is 5.04. The number of rotatable bonds is 4. The summed E-state index contributed by atoms with van der Waals surface area (Å²) in [4.78, 5) is 26.6. The zero-order valence-corrected chi connectivity index (χ0v) is 10.3. The highest BCUT2D eigenvalue weighted by atomic mass is 16.4. The highest BCUT2D eigenvalue weighted by Crippen LogP contribution is 2.24. The van der Waals surface area contributed by atoms with E-state index < -0.39 is 5.97 Å². The van der Waals surface area contributed by atoms with Gasteiger partial charge in [0.15, 0.2) is 0 Å². The number of amides is 1. The van der Waals surface area contributed by atoms with Gasteiger partial charge in [0.05, 0.1) is 12.5 Å². The van der Waals surface area contributed by atoms with E-state index in [-0.39, 0.29) is 17.7 Å². The molecule has 1 atom stereocenters. The van der Waals surface area contributed by atoms with E-state index >= 15 is 0 Å². The van der Waals surface area contributed by atoms with E-state index in [1.54, 1.807) is 6.92 Å². The Kier molecular flexibility index (Phi) is 3.66. The fourth-order valence-corrected chi connectivity index (χ4v) is 2.51. The van der Waals surface area contributed by atoms with Crippen molar-refractivity contribution < 1.29 is 14.7 Å². The number of hydrogen-bond acceptors (Lipinski definition) is 3. The summed E-state index contributed by atoms with van der Waals surface area (Å²) in [7, 11) is 0. The van der Waals surface area contributed by atoms with Crippen molar-refractivity contribution in [1.29, 1.82) is 0 Å². The molecule has 2 rings (SSSR count). The van der Waals surface area contributed by atoms with E-state index in [1.807, 2.05) is 9.80 Å². The highest BCUT2D eigenvalue weighted by Gasteiger charge is 2.36. The van der Waals surface area contributed by atoms with Crippen LogP contribution in [0.5, 0.6) is 0 Å². The minimum atomic E-state index is -0.736. The Morgan fingerprint density at radius 2 is 1.88 bits per heavy atom. The van der Waals surface area contributed by atoms with Gasteiger partial charge in [-0.1, -0.05) is 6.92 Å². The first-order valence-electron chi connectivity index (χ1n) is 6.31. The molecule has 1 unspecified atom stereocenters. The Balaban J connectivity index is 1.70. The third-order valence-electron chi connectivity index (χ3n) is 3.90. The monoisotopic (exact) mass is 240 g/mol. The fourth-order valence-electron chi connectivity index (χ4n) is 2.51. The maximum atomic E-state index is 11.8. The SMILES string of the molecule is CC(C(=O)O)C1CN(CC(=O)N2CCCC2)C1. The average Bonchev–Trinajstić information content (AvgIpc) is 2.74. The second-order valence-corrected chi connectivity index (χ2v) is 5.17. The second-order valence-electron chi connectivity index (χ2n) is 5.17. The summed E-state index contributed by atoms with van der Waals surface area (Å²) in [6, 6.07) is 0. The standard InChI is InChI=1S/C12H20N2O3/c1-9(12(16)17)10-6-13(7-10)8-11(15)14-4-2-3-5-14/h9-10H,2-8H2,1H3,(H,16,17). The molecule has 0 aliphatic carbocycles. The van der Waals surface area contributed by atoms with Crippen LogP contribution in [0, 0.1) is 11.8 Å². The first-order chi connectivity index (χ1) is 8.08. The maximum Gasteiger partial charge on any atom is 0.306 e. The lowest BCUT2D eigenvalue weighted by atomic mass is 9.87. The third-order valence-corrected chi connectivity index (χ3v) is 3.90. The maximum absolute atomic E-state index is 11.8. The molecule has 0 aromatic rings. The van der Waals surface area contributed by atoms with Crippen molar-refractivity contribution in [3.63, 3.8) is 0 Å². The van der Waals surface area contributed by atoms with Gasteiger partial charge >= 0.3 is 5.97 Å². The average molecular weight is 240 g/mol. The lowest BCUT2D eigenvalue weighted by Gasteiger charge is -2.41. The normalized spacial score (nSPS) is 23.5. The van der Waals surface area contributed by atoms with Crippen molar-refractivity contribution in [3.8, 4) is 0 Å². The number of hydrogen-bond donors (Lipinski definition) is 1. The lowest BCUT2D eigenvalue weighted by Crippen LogP contribution is -2.54. The molecule has 0 spiro atoms. The van der Waals surface area contributed by atoms with Crippen LogP contribution < -0.4 is 0 Å². The first kappa shape index (κ1) is 12.4. The van der Waals surface area contributed by atoms with Gasteiger partial charge in [0, 0.05) is 26.2 Å². The quantitative estimate of drug-likeness (QED) is 0.766. The number of carboxylic acid groups (broad SMARTS) is 1. The topological polar surface area (TPSA) is 60.9 Å². The van der Waals surface area contributed by atoms with Gasteiger partial charge in [-0.25, -0.2) is 0 Å². The smallest absolute Gasteiger partial charge is 0.306 e. The van der Waals surface area contributed by atoms with Crippen LogP contribution in [0.3, 0.4) is 0 Å². The number of nitrogens with zero attached hydrogens (tertiary/aromatic N) is 2. The lowest BCUT2D eigenvalue weighted by molar-refractivity contribution is -0.146. The van der Waals surface area contributed by atoms with Crippen molar-refractivity contribution >= 4 is 11.9 Å². The summed E-state index contributed by atoms with van der Waals surface area (Å²) in [6.07, 6.45) is 2.23. The molecule has 0 saturated carbocycles. The molecule has 0 radical (unpaired) electrons. The number of carbonyl (C=O) groups is 2. The van der Waals surface area contributed by atoms with E-state index in [4.69, 9.17) is 5.11 Å². The molecule has 2 heterocycles. The molecule has 1 N–H and O–H groups in total. The predicted molar refractivity (Wildman–Crippen MR) is 62.5 cm³/mol. The molecule has 2 aliphatic rings. The molecular weight excluding hydrogens is 220 g/mol. The molecule has 2 aliphatic heterocycles. The van der Waals surface area contributed by atoms with Crippen LogP contribution in [0.2, 0.25) is 0 Å². The van der Waals surface area contributed by atoms with Gasteiger partial charge in [0.1, 0.15) is 0 Å². The minimum absolute atomic E-state index is 0.198. The Morgan fingerprint density at radius 1 is 1.29 bits per heavy atom. The summed E-state index contributed by atoms with van der Waals surface area (Å²) >= 11 is 0. The van der Waals surface area contributed by atoms with Gasteiger partial charge < -0.3 is 10.0 Å². The summed E-state index contributed by atoms with van der Waals surface area (Å²) in [5.41, 5.74) is 0. The zero-order chi connectivity index (χ0) is 12.4. The molecule has 17 heavy (non-hydrogen) atoms. The Bertz CT molecular complexity index is 307. The summed E-state index contributed by atoms with van der Waals surface area (Å²) < 4.78 is 0. The van der Waals surface area contributed by atoms with Gasteiger partial charge in [-0.15, -0.1) is 0 Å². The molecule has 0 aromatic carbocycles. The van der Waals surface area contributed by atoms with E-state index in [0.717, 1.165) is 39.0 Å². The van der Waals surface area contributed by atoms with Gasteiger partial charge in [0.25, 0.3) is 0 Å². The fraction of sp³-hybridized carbons (Fsp3) is 0.833.